The zero-order chi connectivity index (χ0) is 21.9. The maximum atomic E-state index is 14.3. The molecule has 0 saturated carbocycles. The molecule has 0 amide bonds. The predicted molar refractivity (Wildman–Crippen MR) is 104 cm³/mol. The summed E-state index contributed by atoms with van der Waals surface area (Å²) >= 11 is 6.06. The predicted octanol–water partition coefficient (Wildman–Crippen LogP) is 6.26. The van der Waals surface area contributed by atoms with E-state index in [2.05, 4.69) is 4.37 Å². The van der Waals surface area contributed by atoms with E-state index in [-0.39, 0.29) is 35.8 Å². The summed E-state index contributed by atoms with van der Waals surface area (Å²) in [5.74, 6) is -2.84. The molecule has 0 aliphatic carbocycles. The second-order valence-electron chi connectivity index (χ2n) is 6.35. The van der Waals surface area contributed by atoms with Gasteiger partial charge < -0.3 is 9.84 Å². The fourth-order valence-electron chi connectivity index (χ4n) is 2.82. The van der Waals surface area contributed by atoms with Crippen molar-refractivity contribution in [1.29, 1.82) is 0 Å². The third-order valence-electron chi connectivity index (χ3n) is 4.21. The van der Waals surface area contributed by atoms with E-state index < -0.39 is 35.0 Å². The van der Waals surface area contributed by atoms with E-state index in [0.717, 1.165) is 12.1 Å². The van der Waals surface area contributed by atoms with Crippen molar-refractivity contribution in [2.45, 2.75) is 25.6 Å². The number of benzene rings is 2. The molecule has 3 aromatic rings. The zero-order valence-electron chi connectivity index (χ0n) is 15.3. The minimum absolute atomic E-state index is 0.00405. The molecule has 0 aliphatic rings. The highest BCUT2D eigenvalue weighted by Crippen LogP contribution is 2.40. The van der Waals surface area contributed by atoms with Gasteiger partial charge >= 0.3 is 6.18 Å². The second kappa shape index (κ2) is 9.28. The highest BCUT2D eigenvalue weighted by Gasteiger charge is 2.38. The lowest BCUT2D eigenvalue weighted by molar-refractivity contribution is -0.135. The van der Waals surface area contributed by atoms with E-state index in [1.165, 1.54) is 24.3 Å². The summed E-state index contributed by atoms with van der Waals surface area (Å²) in [7, 11) is 0. The Balaban J connectivity index is 1.93. The monoisotopic (exact) mass is 463 g/mol. The number of ether oxygens (including phenoxy) is 1. The molecular formula is C20H15ClF5NO2S. The Labute approximate surface area is 177 Å². The lowest BCUT2D eigenvalue weighted by Crippen LogP contribution is -2.09. The van der Waals surface area contributed by atoms with Gasteiger partial charge in [-0.2, -0.15) is 17.5 Å². The molecule has 0 fully saturated rings. The SMILES string of the molecule is OCCCc1cc(F)c(OCc2c(-c3ccc(Cl)cc3)nsc2C(F)(F)F)c(F)c1. The number of aliphatic hydroxyl groups is 1. The molecule has 0 saturated heterocycles. The van der Waals surface area contributed by atoms with Crippen molar-refractivity contribution >= 4 is 23.1 Å². The van der Waals surface area contributed by atoms with Gasteiger partial charge in [0.05, 0.1) is 5.69 Å². The van der Waals surface area contributed by atoms with Crippen molar-refractivity contribution in [2.24, 2.45) is 0 Å². The molecule has 0 radical (unpaired) electrons. The number of halogens is 6. The minimum atomic E-state index is -4.70. The average Bonchev–Trinajstić information content (AvgIpc) is 3.10. The first-order valence-corrected chi connectivity index (χ1v) is 9.89. The molecule has 1 aromatic heterocycles. The first-order valence-electron chi connectivity index (χ1n) is 8.74. The normalized spacial score (nSPS) is 11.7. The van der Waals surface area contributed by atoms with Gasteiger partial charge in [0.1, 0.15) is 11.5 Å². The van der Waals surface area contributed by atoms with E-state index in [4.69, 9.17) is 21.4 Å². The molecule has 0 spiro atoms. The van der Waals surface area contributed by atoms with Crippen LogP contribution >= 0.6 is 23.1 Å². The third kappa shape index (κ3) is 5.08. The second-order valence-corrected chi connectivity index (χ2v) is 7.56. The number of rotatable bonds is 7. The third-order valence-corrected chi connectivity index (χ3v) is 5.39. The minimum Gasteiger partial charge on any atom is -0.483 e. The van der Waals surface area contributed by atoms with Gasteiger partial charge in [-0.3, -0.25) is 0 Å². The van der Waals surface area contributed by atoms with Crippen LogP contribution in [0.4, 0.5) is 22.0 Å². The summed E-state index contributed by atoms with van der Waals surface area (Å²) in [6, 6.07) is 8.06. The molecule has 10 heteroatoms. The Hall–Kier alpha value is -2.23. The fraction of sp³-hybridized carbons (Fsp3) is 0.250. The van der Waals surface area contributed by atoms with Crippen LogP contribution in [0.15, 0.2) is 36.4 Å². The average molecular weight is 464 g/mol. The Kier molecular flexibility index (Phi) is 6.95. The lowest BCUT2D eigenvalue weighted by atomic mass is 10.1. The van der Waals surface area contributed by atoms with Crippen molar-refractivity contribution in [3.8, 4) is 17.0 Å². The van der Waals surface area contributed by atoms with Gasteiger partial charge in [0, 0.05) is 22.8 Å². The Bertz CT molecular complexity index is 998. The molecule has 1 heterocycles. The smallest absolute Gasteiger partial charge is 0.427 e. The van der Waals surface area contributed by atoms with Gasteiger partial charge in [-0.05, 0) is 54.2 Å². The van der Waals surface area contributed by atoms with Crippen LogP contribution in [0.1, 0.15) is 22.4 Å². The summed E-state index contributed by atoms with van der Waals surface area (Å²) < 4.78 is 77.9. The van der Waals surface area contributed by atoms with Crippen molar-refractivity contribution in [1.82, 2.24) is 4.37 Å². The van der Waals surface area contributed by atoms with E-state index in [1.807, 2.05) is 0 Å². The maximum absolute atomic E-state index is 14.3. The lowest BCUT2D eigenvalue weighted by Gasteiger charge is -2.13. The van der Waals surface area contributed by atoms with Crippen LogP contribution in [0.25, 0.3) is 11.3 Å². The van der Waals surface area contributed by atoms with Crippen LogP contribution in [0.5, 0.6) is 5.75 Å². The number of alkyl halides is 3. The molecule has 3 rings (SSSR count). The van der Waals surface area contributed by atoms with Gasteiger partial charge in [0.2, 0.25) is 0 Å². The van der Waals surface area contributed by atoms with Crippen molar-refractivity contribution < 1.29 is 31.8 Å². The summed E-state index contributed by atoms with van der Waals surface area (Å²) in [6.07, 6.45) is -4.14. The van der Waals surface area contributed by atoms with Crippen LogP contribution in [0, 0.1) is 11.6 Å². The van der Waals surface area contributed by atoms with Crippen molar-refractivity contribution in [2.75, 3.05) is 6.61 Å². The summed E-state index contributed by atoms with van der Waals surface area (Å²) in [6.45, 7) is -0.868. The van der Waals surface area contributed by atoms with Crippen molar-refractivity contribution in [3.05, 3.63) is 69.1 Å². The Morgan fingerprint density at radius 3 is 2.27 bits per heavy atom. The molecule has 160 valence electrons. The quantitative estimate of drug-likeness (QED) is 0.420. The van der Waals surface area contributed by atoms with Gasteiger partial charge in [-0.25, -0.2) is 8.78 Å². The highest BCUT2D eigenvalue weighted by atomic mass is 35.5. The summed E-state index contributed by atoms with van der Waals surface area (Å²) in [4.78, 5) is -1.01. The van der Waals surface area contributed by atoms with E-state index in [0.29, 0.717) is 22.6 Å². The van der Waals surface area contributed by atoms with E-state index in [9.17, 15) is 22.0 Å². The highest BCUT2D eigenvalue weighted by molar-refractivity contribution is 7.06. The van der Waals surface area contributed by atoms with E-state index in [1.54, 1.807) is 0 Å². The fourth-order valence-corrected chi connectivity index (χ4v) is 3.72. The van der Waals surface area contributed by atoms with Crippen LogP contribution in [-0.2, 0) is 19.2 Å². The van der Waals surface area contributed by atoms with Crippen molar-refractivity contribution in [3.63, 3.8) is 0 Å². The molecule has 0 bridgehead atoms. The molecule has 0 unspecified atom stereocenters. The molecule has 0 atom stereocenters. The van der Waals surface area contributed by atoms with Crippen LogP contribution in [0.3, 0.4) is 0 Å². The molecule has 3 nitrogen and oxygen atoms in total. The number of aromatic nitrogens is 1. The first kappa shape index (κ1) is 22.5. The Morgan fingerprint density at radius 1 is 1.07 bits per heavy atom. The Morgan fingerprint density at radius 2 is 1.70 bits per heavy atom. The number of hydrogen-bond acceptors (Lipinski definition) is 4. The zero-order valence-corrected chi connectivity index (χ0v) is 16.8. The van der Waals surface area contributed by atoms with Gasteiger partial charge in [0.25, 0.3) is 0 Å². The van der Waals surface area contributed by atoms with Gasteiger partial charge in [0.15, 0.2) is 17.4 Å². The van der Waals surface area contributed by atoms with Gasteiger partial charge in [-0.15, -0.1) is 0 Å². The molecule has 2 aromatic carbocycles. The summed E-state index contributed by atoms with van der Waals surface area (Å²) in [5.41, 5.74) is 0.355. The molecule has 1 N–H and O–H groups in total. The topological polar surface area (TPSA) is 42.4 Å². The van der Waals surface area contributed by atoms with Crippen LogP contribution in [0.2, 0.25) is 5.02 Å². The van der Waals surface area contributed by atoms with Gasteiger partial charge in [-0.1, -0.05) is 23.7 Å². The largest absolute Gasteiger partial charge is 0.483 e. The summed E-state index contributed by atoms with van der Waals surface area (Å²) in [5, 5.41) is 9.22. The molecular weight excluding hydrogens is 449 g/mol. The maximum Gasteiger partial charge on any atom is 0.427 e. The number of hydrogen-bond donors (Lipinski definition) is 1. The van der Waals surface area contributed by atoms with E-state index >= 15 is 0 Å². The molecule has 0 aliphatic heterocycles. The standard InChI is InChI=1S/C20H15ClF5NO2S/c21-13-5-3-12(4-6-13)17-14(19(30-27-17)20(24,25)26)10-29-18-15(22)8-11(2-1-7-28)9-16(18)23/h3-6,8-9,28H,1-2,7,10H2. The van der Waals surface area contributed by atoms with Crippen LogP contribution < -0.4 is 4.74 Å². The molecule has 30 heavy (non-hydrogen) atoms. The number of nitrogens with zero attached hydrogens (tertiary/aromatic N) is 1. The number of aliphatic hydroxyl groups excluding tert-OH is 1. The first-order chi connectivity index (χ1) is 14.2. The number of aryl methyl sites for hydroxylation is 1. The van der Waals surface area contributed by atoms with Crippen LogP contribution in [-0.4, -0.2) is 16.1 Å².